The van der Waals surface area contributed by atoms with Crippen LogP contribution in [0.2, 0.25) is 0 Å². The highest BCUT2D eigenvalue weighted by atomic mass is 19.1. The lowest BCUT2D eigenvalue weighted by Gasteiger charge is -2.17. The number of anilines is 2. The average Bonchev–Trinajstić information content (AvgIpc) is 2.65. The van der Waals surface area contributed by atoms with Crippen molar-refractivity contribution in [2.24, 2.45) is 5.92 Å². The number of halogens is 1. The van der Waals surface area contributed by atoms with E-state index in [2.05, 4.69) is 22.2 Å². The number of aromatic nitrogens is 2. The maximum atomic E-state index is 13.5. The van der Waals surface area contributed by atoms with Gasteiger partial charge in [0.05, 0.1) is 6.20 Å². The van der Waals surface area contributed by atoms with Crippen LogP contribution < -0.4 is 10.2 Å². The van der Waals surface area contributed by atoms with E-state index in [9.17, 15) is 4.39 Å². The van der Waals surface area contributed by atoms with Crippen molar-refractivity contribution in [2.45, 2.75) is 13.3 Å². The van der Waals surface area contributed by atoms with Crippen LogP contribution >= 0.6 is 0 Å². The molecule has 0 bridgehead atoms. The van der Waals surface area contributed by atoms with Gasteiger partial charge in [-0.15, -0.1) is 0 Å². The molecule has 5 heteroatoms. The summed E-state index contributed by atoms with van der Waals surface area (Å²) in [6, 6.07) is 0. The van der Waals surface area contributed by atoms with Crippen molar-refractivity contribution in [1.29, 1.82) is 0 Å². The van der Waals surface area contributed by atoms with E-state index in [0.29, 0.717) is 17.7 Å². The Kier molecular flexibility index (Phi) is 2.70. The van der Waals surface area contributed by atoms with Crippen LogP contribution in [0.15, 0.2) is 6.20 Å². The molecule has 1 aromatic rings. The molecule has 1 aromatic heterocycles. The average molecular weight is 210 g/mol. The van der Waals surface area contributed by atoms with Crippen molar-refractivity contribution < 1.29 is 4.39 Å². The molecular formula is C10H15FN4. The van der Waals surface area contributed by atoms with Crippen LogP contribution in [-0.4, -0.2) is 30.1 Å². The Morgan fingerprint density at radius 3 is 3.00 bits per heavy atom. The van der Waals surface area contributed by atoms with Gasteiger partial charge in [0.2, 0.25) is 5.95 Å². The monoisotopic (exact) mass is 210 g/mol. The molecule has 1 fully saturated rings. The van der Waals surface area contributed by atoms with Gasteiger partial charge in [-0.3, -0.25) is 0 Å². The van der Waals surface area contributed by atoms with Gasteiger partial charge in [0.1, 0.15) is 0 Å². The Labute approximate surface area is 88.5 Å². The van der Waals surface area contributed by atoms with Crippen LogP contribution in [0.3, 0.4) is 0 Å². The van der Waals surface area contributed by atoms with Crippen LogP contribution in [0.25, 0.3) is 0 Å². The summed E-state index contributed by atoms with van der Waals surface area (Å²) in [5.41, 5.74) is 0. The zero-order valence-corrected chi connectivity index (χ0v) is 9.00. The van der Waals surface area contributed by atoms with Gasteiger partial charge in [0.25, 0.3) is 0 Å². The lowest BCUT2D eigenvalue weighted by Crippen LogP contribution is -2.22. The lowest BCUT2D eigenvalue weighted by atomic mass is 10.2. The van der Waals surface area contributed by atoms with Crippen molar-refractivity contribution in [2.75, 3.05) is 30.4 Å². The number of hydrogen-bond acceptors (Lipinski definition) is 4. The molecule has 0 spiro atoms. The smallest absolute Gasteiger partial charge is 0.224 e. The fourth-order valence-corrected chi connectivity index (χ4v) is 1.83. The molecular weight excluding hydrogens is 195 g/mol. The summed E-state index contributed by atoms with van der Waals surface area (Å²) in [6.07, 6.45) is 2.31. The first-order chi connectivity index (χ1) is 7.20. The van der Waals surface area contributed by atoms with E-state index in [-0.39, 0.29) is 5.82 Å². The number of nitrogens with zero attached hydrogens (tertiary/aromatic N) is 3. The molecule has 1 aliphatic heterocycles. The minimum absolute atomic E-state index is 0.344. The third-order valence-corrected chi connectivity index (χ3v) is 2.67. The van der Waals surface area contributed by atoms with Crippen molar-refractivity contribution >= 4 is 11.8 Å². The molecule has 15 heavy (non-hydrogen) atoms. The van der Waals surface area contributed by atoms with Crippen LogP contribution in [0.5, 0.6) is 0 Å². The van der Waals surface area contributed by atoms with Gasteiger partial charge in [-0.2, -0.15) is 4.98 Å². The zero-order chi connectivity index (χ0) is 10.8. The molecule has 0 saturated carbocycles. The van der Waals surface area contributed by atoms with E-state index < -0.39 is 0 Å². The highest BCUT2D eigenvalue weighted by Crippen LogP contribution is 2.24. The molecule has 0 aromatic carbocycles. The van der Waals surface area contributed by atoms with Crippen molar-refractivity contribution in [1.82, 2.24) is 9.97 Å². The van der Waals surface area contributed by atoms with Crippen molar-refractivity contribution in [3.63, 3.8) is 0 Å². The fraction of sp³-hybridized carbons (Fsp3) is 0.600. The highest BCUT2D eigenvalue weighted by molar-refractivity contribution is 5.44. The summed E-state index contributed by atoms with van der Waals surface area (Å²) in [4.78, 5) is 9.93. The second-order valence-corrected chi connectivity index (χ2v) is 3.96. The van der Waals surface area contributed by atoms with Gasteiger partial charge >= 0.3 is 0 Å². The SMILES string of the molecule is CNc1ncc(F)c(N2CCC(C)C2)n1. The molecule has 1 aliphatic rings. The third-order valence-electron chi connectivity index (χ3n) is 2.67. The van der Waals surface area contributed by atoms with E-state index >= 15 is 0 Å². The number of rotatable bonds is 2. The molecule has 1 atom stereocenters. The lowest BCUT2D eigenvalue weighted by molar-refractivity contribution is 0.605. The molecule has 1 saturated heterocycles. The van der Waals surface area contributed by atoms with E-state index in [0.717, 1.165) is 19.5 Å². The largest absolute Gasteiger partial charge is 0.357 e. The molecule has 1 unspecified atom stereocenters. The van der Waals surface area contributed by atoms with Crippen LogP contribution in [-0.2, 0) is 0 Å². The predicted octanol–water partition coefficient (Wildman–Crippen LogP) is 1.50. The van der Waals surface area contributed by atoms with Gasteiger partial charge in [0, 0.05) is 20.1 Å². The van der Waals surface area contributed by atoms with E-state index in [1.807, 2.05) is 4.90 Å². The van der Waals surface area contributed by atoms with Crippen molar-refractivity contribution in [3.8, 4) is 0 Å². The Balaban J connectivity index is 2.26. The molecule has 0 amide bonds. The van der Waals surface area contributed by atoms with E-state index in [4.69, 9.17) is 0 Å². The first kappa shape index (κ1) is 10.1. The molecule has 4 nitrogen and oxygen atoms in total. The molecule has 0 aliphatic carbocycles. The minimum Gasteiger partial charge on any atom is -0.357 e. The summed E-state index contributed by atoms with van der Waals surface area (Å²) < 4.78 is 13.5. The normalized spacial score (nSPS) is 20.7. The van der Waals surface area contributed by atoms with Gasteiger partial charge in [0.15, 0.2) is 11.6 Å². The Bertz CT molecular complexity index is 355. The summed E-state index contributed by atoms with van der Waals surface area (Å²) >= 11 is 0. The Morgan fingerprint density at radius 2 is 2.40 bits per heavy atom. The Morgan fingerprint density at radius 1 is 1.60 bits per heavy atom. The second kappa shape index (κ2) is 4.00. The highest BCUT2D eigenvalue weighted by Gasteiger charge is 2.22. The van der Waals surface area contributed by atoms with E-state index in [1.54, 1.807) is 7.05 Å². The third kappa shape index (κ3) is 2.00. The number of nitrogens with one attached hydrogen (secondary N) is 1. The summed E-state index contributed by atoms with van der Waals surface area (Å²) in [5, 5.41) is 2.81. The summed E-state index contributed by atoms with van der Waals surface area (Å²) in [5.74, 6) is 1.14. The number of hydrogen-bond donors (Lipinski definition) is 1. The second-order valence-electron chi connectivity index (χ2n) is 3.96. The van der Waals surface area contributed by atoms with Crippen LogP contribution in [0.1, 0.15) is 13.3 Å². The molecule has 2 rings (SSSR count). The topological polar surface area (TPSA) is 41.1 Å². The quantitative estimate of drug-likeness (QED) is 0.803. The van der Waals surface area contributed by atoms with Gasteiger partial charge in [-0.05, 0) is 12.3 Å². The van der Waals surface area contributed by atoms with Crippen LogP contribution in [0.4, 0.5) is 16.2 Å². The molecule has 82 valence electrons. The van der Waals surface area contributed by atoms with Gasteiger partial charge in [-0.1, -0.05) is 6.92 Å². The maximum absolute atomic E-state index is 13.5. The predicted molar refractivity (Wildman–Crippen MR) is 57.5 cm³/mol. The van der Waals surface area contributed by atoms with Gasteiger partial charge < -0.3 is 10.2 Å². The molecule has 1 N–H and O–H groups in total. The zero-order valence-electron chi connectivity index (χ0n) is 9.00. The van der Waals surface area contributed by atoms with Crippen LogP contribution in [0, 0.1) is 11.7 Å². The molecule has 2 heterocycles. The minimum atomic E-state index is -0.344. The first-order valence-corrected chi connectivity index (χ1v) is 5.16. The first-order valence-electron chi connectivity index (χ1n) is 5.16. The van der Waals surface area contributed by atoms with Crippen molar-refractivity contribution in [3.05, 3.63) is 12.0 Å². The fourth-order valence-electron chi connectivity index (χ4n) is 1.83. The maximum Gasteiger partial charge on any atom is 0.224 e. The summed E-state index contributed by atoms with van der Waals surface area (Å²) in [7, 11) is 1.73. The molecule has 0 radical (unpaired) electrons. The standard InChI is InChI=1S/C10H15FN4/c1-7-3-4-15(6-7)9-8(11)5-13-10(12-2)14-9/h5,7H,3-4,6H2,1-2H3,(H,12,13,14). The Hall–Kier alpha value is -1.39. The van der Waals surface area contributed by atoms with E-state index in [1.165, 1.54) is 6.20 Å². The summed E-state index contributed by atoms with van der Waals surface area (Å²) in [6.45, 7) is 3.91. The van der Waals surface area contributed by atoms with Gasteiger partial charge in [-0.25, -0.2) is 9.37 Å².